The van der Waals surface area contributed by atoms with Gasteiger partial charge in [-0.3, -0.25) is 4.79 Å². The zero-order valence-electron chi connectivity index (χ0n) is 10.7. The molecule has 3 atom stereocenters. The minimum absolute atomic E-state index is 0.111. The molecule has 0 aromatic heterocycles. The van der Waals surface area contributed by atoms with E-state index in [1.165, 1.54) is 7.11 Å². The van der Waals surface area contributed by atoms with Crippen molar-refractivity contribution in [3.8, 4) is 0 Å². The highest BCUT2D eigenvalue weighted by Crippen LogP contribution is 2.63. The number of ether oxygens (including phenoxy) is 1. The standard InChI is InChI=1S/C13H16O5S/c1-18-8-13(12(14)15)10(11(13)19(2,16)17)9-6-4-3-5-7-9/h3-7,10-11H,8H2,1-2H3,(H,14,15)/t10-,11-,13+/m0/s1. The minimum Gasteiger partial charge on any atom is -0.481 e. The molecule has 1 aromatic carbocycles. The average Bonchev–Trinajstić information content (AvgIpc) is 3.01. The number of sulfone groups is 1. The fourth-order valence-electron chi connectivity index (χ4n) is 2.89. The van der Waals surface area contributed by atoms with Gasteiger partial charge in [-0.2, -0.15) is 0 Å². The van der Waals surface area contributed by atoms with Crippen LogP contribution in [0.2, 0.25) is 0 Å². The number of benzene rings is 1. The number of carbonyl (C=O) groups is 1. The maximum atomic E-state index is 11.9. The number of hydrogen-bond donors (Lipinski definition) is 1. The third-order valence-electron chi connectivity index (χ3n) is 3.66. The lowest BCUT2D eigenvalue weighted by Crippen LogP contribution is -2.28. The summed E-state index contributed by atoms with van der Waals surface area (Å²) in [7, 11) is -2.08. The van der Waals surface area contributed by atoms with Gasteiger partial charge in [0.15, 0.2) is 9.84 Å². The van der Waals surface area contributed by atoms with Crippen LogP contribution in [0, 0.1) is 5.41 Å². The van der Waals surface area contributed by atoms with Crippen LogP contribution in [0.4, 0.5) is 0 Å². The van der Waals surface area contributed by atoms with Crippen molar-refractivity contribution in [2.24, 2.45) is 5.41 Å². The van der Waals surface area contributed by atoms with E-state index in [4.69, 9.17) is 4.74 Å². The number of carboxylic acids is 1. The Morgan fingerprint density at radius 3 is 2.37 bits per heavy atom. The van der Waals surface area contributed by atoms with E-state index in [0.717, 1.165) is 11.8 Å². The predicted octanol–water partition coefficient (Wildman–Crippen LogP) is 0.914. The molecule has 1 saturated carbocycles. The molecular weight excluding hydrogens is 268 g/mol. The van der Waals surface area contributed by atoms with Crippen LogP contribution in [-0.4, -0.2) is 44.7 Å². The molecule has 1 aliphatic rings. The summed E-state index contributed by atoms with van der Waals surface area (Å²) in [6, 6.07) is 8.85. The second kappa shape index (κ2) is 4.61. The summed E-state index contributed by atoms with van der Waals surface area (Å²) in [5, 5.41) is 8.53. The number of methoxy groups -OCH3 is 1. The van der Waals surface area contributed by atoms with Crippen LogP contribution >= 0.6 is 0 Å². The maximum Gasteiger partial charge on any atom is 0.314 e. The molecule has 0 amide bonds. The minimum atomic E-state index is -3.46. The van der Waals surface area contributed by atoms with Crippen molar-refractivity contribution in [1.82, 2.24) is 0 Å². The third kappa shape index (κ3) is 2.15. The molecule has 0 unspecified atom stereocenters. The van der Waals surface area contributed by atoms with E-state index < -0.39 is 32.4 Å². The second-order valence-electron chi connectivity index (χ2n) is 4.92. The molecule has 0 heterocycles. The molecule has 1 aliphatic carbocycles. The Labute approximate surface area is 112 Å². The van der Waals surface area contributed by atoms with Gasteiger partial charge in [0.05, 0.1) is 11.9 Å². The highest BCUT2D eigenvalue weighted by atomic mass is 32.2. The summed E-state index contributed by atoms with van der Waals surface area (Å²) >= 11 is 0. The molecule has 19 heavy (non-hydrogen) atoms. The lowest BCUT2D eigenvalue weighted by molar-refractivity contribution is -0.145. The molecule has 0 bridgehead atoms. The lowest BCUT2D eigenvalue weighted by Gasteiger charge is -2.11. The monoisotopic (exact) mass is 284 g/mol. The Balaban J connectivity index is 2.50. The van der Waals surface area contributed by atoms with Crippen LogP contribution in [0.25, 0.3) is 0 Å². The van der Waals surface area contributed by atoms with Gasteiger partial charge >= 0.3 is 5.97 Å². The molecule has 0 radical (unpaired) electrons. The highest BCUT2D eigenvalue weighted by Gasteiger charge is 2.74. The summed E-state index contributed by atoms with van der Waals surface area (Å²) in [6.07, 6.45) is 1.08. The molecule has 0 aliphatic heterocycles. The highest BCUT2D eigenvalue weighted by molar-refractivity contribution is 7.91. The summed E-state index contributed by atoms with van der Waals surface area (Å²) in [5.74, 6) is -1.68. The normalized spacial score (nSPS) is 30.0. The maximum absolute atomic E-state index is 11.9. The molecule has 1 aromatic rings. The van der Waals surface area contributed by atoms with E-state index in [1.54, 1.807) is 30.3 Å². The van der Waals surface area contributed by atoms with Crippen LogP contribution in [0.15, 0.2) is 30.3 Å². The number of rotatable bonds is 5. The quantitative estimate of drug-likeness (QED) is 0.869. The van der Waals surface area contributed by atoms with Crippen molar-refractivity contribution in [1.29, 1.82) is 0 Å². The zero-order chi connectivity index (χ0) is 14.3. The number of carboxylic acid groups (broad SMARTS) is 1. The first-order valence-electron chi connectivity index (χ1n) is 5.82. The van der Waals surface area contributed by atoms with Gasteiger partial charge in [0.1, 0.15) is 5.41 Å². The first-order chi connectivity index (χ1) is 8.85. The molecule has 1 N–H and O–H groups in total. The number of hydrogen-bond acceptors (Lipinski definition) is 4. The molecule has 6 heteroatoms. The van der Waals surface area contributed by atoms with Crippen molar-refractivity contribution in [2.45, 2.75) is 11.2 Å². The second-order valence-corrected chi connectivity index (χ2v) is 7.08. The van der Waals surface area contributed by atoms with E-state index in [2.05, 4.69) is 0 Å². The van der Waals surface area contributed by atoms with Gasteiger partial charge in [-0.15, -0.1) is 0 Å². The molecule has 2 rings (SSSR count). The van der Waals surface area contributed by atoms with Crippen LogP contribution < -0.4 is 0 Å². The summed E-state index contributed by atoms with van der Waals surface area (Å²) < 4.78 is 28.7. The molecule has 0 saturated heterocycles. The molecule has 0 spiro atoms. The van der Waals surface area contributed by atoms with Crippen LogP contribution in [0.3, 0.4) is 0 Å². The smallest absolute Gasteiger partial charge is 0.314 e. The lowest BCUT2D eigenvalue weighted by atomic mass is 10.0. The van der Waals surface area contributed by atoms with Crippen molar-refractivity contribution in [2.75, 3.05) is 20.0 Å². The summed E-state index contributed by atoms with van der Waals surface area (Å²) in [4.78, 5) is 11.6. The fraction of sp³-hybridized carbons (Fsp3) is 0.462. The van der Waals surface area contributed by atoms with Crippen molar-refractivity contribution in [3.63, 3.8) is 0 Å². The van der Waals surface area contributed by atoms with Crippen LogP contribution in [-0.2, 0) is 19.4 Å². The first kappa shape index (κ1) is 14.0. The Bertz CT molecular complexity index is 580. The van der Waals surface area contributed by atoms with Gasteiger partial charge in [0.2, 0.25) is 0 Å². The van der Waals surface area contributed by atoms with E-state index in [-0.39, 0.29) is 6.61 Å². The van der Waals surface area contributed by atoms with Gasteiger partial charge < -0.3 is 9.84 Å². The van der Waals surface area contributed by atoms with Gasteiger partial charge in [0.25, 0.3) is 0 Å². The topological polar surface area (TPSA) is 80.7 Å². The Morgan fingerprint density at radius 2 is 1.95 bits per heavy atom. The zero-order valence-corrected chi connectivity index (χ0v) is 11.6. The van der Waals surface area contributed by atoms with Crippen molar-refractivity contribution >= 4 is 15.8 Å². The molecule has 1 fully saturated rings. The van der Waals surface area contributed by atoms with Gasteiger partial charge in [-0.05, 0) is 5.56 Å². The fourth-order valence-corrected chi connectivity index (χ4v) is 4.79. The Hall–Kier alpha value is -1.40. The summed E-state index contributed by atoms with van der Waals surface area (Å²) in [5.41, 5.74) is -0.652. The molecular formula is C13H16O5S. The third-order valence-corrected chi connectivity index (χ3v) is 5.27. The first-order valence-corrected chi connectivity index (χ1v) is 7.77. The SMILES string of the molecule is COC[C@@]1(C(=O)O)[C@@H](c2ccccc2)[C@@H]1S(C)(=O)=O. The molecule has 104 valence electrons. The van der Waals surface area contributed by atoms with E-state index in [9.17, 15) is 18.3 Å². The van der Waals surface area contributed by atoms with E-state index in [0.29, 0.717) is 0 Å². The Morgan fingerprint density at radius 1 is 1.37 bits per heavy atom. The van der Waals surface area contributed by atoms with Crippen molar-refractivity contribution in [3.05, 3.63) is 35.9 Å². The van der Waals surface area contributed by atoms with Crippen molar-refractivity contribution < 1.29 is 23.1 Å². The summed E-state index contributed by atoms with van der Waals surface area (Å²) in [6.45, 7) is -0.111. The average molecular weight is 284 g/mol. The predicted molar refractivity (Wildman–Crippen MR) is 69.8 cm³/mol. The number of aliphatic carboxylic acids is 1. The van der Waals surface area contributed by atoms with E-state index in [1.807, 2.05) is 0 Å². The van der Waals surface area contributed by atoms with E-state index >= 15 is 0 Å². The van der Waals surface area contributed by atoms with Gasteiger partial charge in [-0.25, -0.2) is 8.42 Å². The molecule has 5 nitrogen and oxygen atoms in total. The Kier molecular flexibility index (Phi) is 3.40. The van der Waals surface area contributed by atoms with Gasteiger partial charge in [0, 0.05) is 19.3 Å². The van der Waals surface area contributed by atoms with Crippen LogP contribution in [0.5, 0.6) is 0 Å². The largest absolute Gasteiger partial charge is 0.481 e. The van der Waals surface area contributed by atoms with Gasteiger partial charge in [-0.1, -0.05) is 30.3 Å². The van der Waals surface area contributed by atoms with Crippen LogP contribution in [0.1, 0.15) is 11.5 Å².